The summed E-state index contributed by atoms with van der Waals surface area (Å²) in [4.78, 5) is 51.7. The highest BCUT2D eigenvalue weighted by molar-refractivity contribution is 7.57. The molecule has 68 heavy (non-hydrogen) atoms. The van der Waals surface area contributed by atoms with E-state index in [1.807, 2.05) is 113 Å². The minimum absolute atomic E-state index is 0.0389. The van der Waals surface area contributed by atoms with Crippen molar-refractivity contribution in [1.82, 2.24) is 24.2 Å². The Bertz CT molecular complexity index is 2680. The molecule has 18 nitrogen and oxygen atoms in total. The van der Waals surface area contributed by atoms with Crippen molar-refractivity contribution < 1.29 is 47.1 Å². The predicted molar refractivity (Wildman–Crippen MR) is 252 cm³/mol. The Labute approximate surface area is 395 Å². The second-order valence-electron chi connectivity index (χ2n) is 18.5. The van der Waals surface area contributed by atoms with Gasteiger partial charge in [-0.05, 0) is 82.5 Å². The van der Waals surface area contributed by atoms with E-state index < -0.39 is 78.5 Å². The van der Waals surface area contributed by atoms with Crippen molar-refractivity contribution in [3.8, 4) is 17.6 Å². The Kier molecular flexibility index (Phi) is 14.7. The number of amides is 1. The van der Waals surface area contributed by atoms with Crippen molar-refractivity contribution in [3.63, 3.8) is 0 Å². The van der Waals surface area contributed by atoms with Crippen molar-refractivity contribution in [2.24, 2.45) is 5.92 Å². The number of nitrogens with one attached hydrogen (secondary N) is 2. The number of carbonyl (C=O) groups excluding carboxylic acids is 2. The van der Waals surface area contributed by atoms with Gasteiger partial charge in [-0.3, -0.25) is 33.8 Å². The summed E-state index contributed by atoms with van der Waals surface area (Å²) in [6, 6.07) is 26.0. The number of ether oxygens (including phenoxy) is 6. The SMILES string of the molecule is COc1ccc(C(OCC23COC(C(n4cnc5c(=O)[nH]c(NC(=O)C(C)C)nc54)O2)C3OP(=O)(CC(=O)OC(C)(C)CC#N)N(C(C)C)C(C)C)(c2ccccc2)c2ccc(OC)cc2)cc1. The summed E-state index contributed by atoms with van der Waals surface area (Å²) in [7, 11) is -1.11. The van der Waals surface area contributed by atoms with Gasteiger partial charge in [-0.25, -0.2) is 9.65 Å². The number of benzene rings is 3. The first-order chi connectivity index (χ1) is 32.3. The van der Waals surface area contributed by atoms with Gasteiger partial charge < -0.3 is 32.9 Å². The molecular weight excluding hydrogens is 894 g/mol. The molecule has 7 rings (SSSR count). The molecule has 0 saturated carbocycles. The molecule has 5 atom stereocenters. The number of rotatable bonds is 20. The Morgan fingerprint density at radius 2 is 1.54 bits per heavy atom. The molecule has 19 heteroatoms. The zero-order valence-electron chi connectivity index (χ0n) is 40.0. The number of esters is 1. The van der Waals surface area contributed by atoms with E-state index in [1.165, 1.54) is 10.9 Å². The van der Waals surface area contributed by atoms with E-state index in [4.69, 9.17) is 32.9 Å². The van der Waals surface area contributed by atoms with Gasteiger partial charge in [0.25, 0.3) is 13.1 Å². The van der Waals surface area contributed by atoms with Crippen LogP contribution in [0.5, 0.6) is 11.5 Å². The van der Waals surface area contributed by atoms with E-state index in [2.05, 4.69) is 20.3 Å². The summed E-state index contributed by atoms with van der Waals surface area (Å²) >= 11 is 0. The molecule has 2 saturated heterocycles. The van der Waals surface area contributed by atoms with Gasteiger partial charge in [-0.2, -0.15) is 10.2 Å². The lowest BCUT2D eigenvalue weighted by molar-refractivity contribution is -0.201. The Morgan fingerprint density at radius 3 is 2.09 bits per heavy atom. The van der Waals surface area contributed by atoms with Crippen molar-refractivity contribution in [2.75, 3.05) is 38.9 Å². The van der Waals surface area contributed by atoms with Gasteiger partial charge in [0.15, 0.2) is 17.4 Å². The first-order valence-electron chi connectivity index (χ1n) is 22.5. The molecule has 5 aromatic rings. The van der Waals surface area contributed by atoms with Crippen molar-refractivity contribution in [3.05, 3.63) is 112 Å². The van der Waals surface area contributed by atoms with Crippen LogP contribution in [0.1, 0.15) is 84.7 Å². The van der Waals surface area contributed by atoms with E-state index >= 15 is 4.57 Å². The number of carbonyl (C=O) groups is 2. The number of nitrogens with zero attached hydrogens (tertiary/aromatic N) is 5. The topological polar surface area (TPSA) is 218 Å². The molecule has 2 fully saturated rings. The maximum Gasteiger partial charge on any atom is 0.317 e. The third-order valence-corrected chi connectivity index (χ3v) is 14.9. The van der Waals surface area contributed by atoms with Crippen LogP contribution in [0.15, 0.2) is 90.0 Å². The zero-order valence-corrected chi connectivity index (χ0v) is 40.9. The molecule has 5 unspecified atom stereocenters. The fourth-order valence-electron chi connectivity index (χ4n) is 8.99. The second kappa shape index (κ2) is 20.0. The minimum Gasteiger partial charge on any atom is -0.497 e. The zero-order chi connectivity index (χ0) is 49.2. The quantitative estimate of drug-likeness (QED) is 0.0443. The van der Waals surface area contributed by atoms with E-state index in [0.717, 1.165) is 16.7 Å². The molecule has 0 radical (unpaired) electrons. The predicted octanol–water partition coefficient (Wildman–Crippen LogP) is 7.34. The number of hydrogen-bond donors (Lipinski definition) is 2. The van der Waals surface area contributed by atoms with Crippen molar-refractivity contribution in [1.29, 1.82) is 5.26 Å². The molecule has 362 valence electrons. The van der Waals surface area contributed by atoms with Crippen LogP contribution >= 0.6 is 7.52 Å². The molecular formula is C49H60N7O11P. The molecule has 2 bridgehead atoms. The molecule has 2 aromatic heterocycles. The Morgan fingerprint density at radius 1 is 0.956 bits per heavy atom. The number of nitriles is 1. The van der Waals surface area contributed by atoms with Gasteiger partial charge in [0.2, 0.25) is 11.9 Å². The van der Waals surface area contributed by atoms with Gasteiger partial charge in [0, 0.05) is 18.0 Å². The summed E-state index contributed by atoms with van der Waals surface area (Å²) in [6.45, 7) is 13.7. The minimum atomic E-state index is -4.29. The normalized spacial score (nSPS) is 20.2. The van der Waals surface area contributed by atoms with Gasteiger partial charge >= 0.3 is 5.97 Å². The Balaban J connectivity index is 1.40. The van der Waals surface area contributed by atoms with Crippen LogP contribution in [0.3, 0.4) is 0 Å². The summed E-state index contributed by atoms with van der Waals surface area (Å²) in [5, 5.41) is 12.1. The van der Waals surface area contributed by atoms with Crippen molar-refractivity contribution in [2.45, 2.75) is 109 Å². The van der Waals surface area contributed by atoms with E-state index in [-0.39, 0.29) is 42.7 Å². The largest absolute Gasteiger partial charge is 0.497 e. The van der Waals surface area contributed by atoms with Crippen LogP contribution in [-0.2, 0) is 43.2 Å². The lowest BCUT2D eigenvalue weighted by atomic mass is 9.79. The second-order valence-corrected chi connectivity index (χ2v) is 20.7. The average Bonchev–Trinajstić information content (AvgIpc) is 3.96. The molecule has 4 heterocycles. The lowest BCUT2D eigenvalue weighted by Gasteiger charge is -2.42. The number of H-pyrrole nitrogens is 1. The number of aromatic nitrogens is 4. The summed E-state index contributed by atoms with van der Waals surface area (Å²) < 4.78 is 64.2. The molecule has 2 N–H and O–H groups in total. The molecule has 0 spiro atoms. The number of methoxy groups -OCH3 is 2. The first kappa shape index (κ1) is 50.0. The summed E-state index contributed by atoms with van der Waals surface area (Å²) in [5.41, 5.74) is -2.46. The number of fused-ring (bicyclic) bond motifs is 3. The maximum absolute atomic E-state index is 16.0. The fraction of sp³-hybridized carbons (Fsp3) is 0.469. The van der Waals surface area contributed by atoms with Gasteiger partial charge in [0.1, 0.15) is 46.7 Å². The standard InChI is InChI=1S/C49H60N7O11P/c1-30(2)43(58)53-46-52-42-39(44(59)54-46)51-29-55(42)45-40-41(67-68(60,56(31(3)4)32(5)6)26-38(57)65-47(7,8)24-25-50)48(66-45,27-63-40)28-64-49(33-14-12-11-13-15-33,34-16-20-36(61-9)21-17-34)35-18-22-37(62-10)23-19-35/h11-23,29-32,40-41,45H,24,26-28H2,1-10H3,(H2,52,53,54,58,59). The maximum atomic E-state index is 16.0. The highest BCUT2D eigenvalue weighted by Gasteiger charge is 2.66. The fourth-order valence-corrected chi connectivity index (χ4v) is 11.8. The lowest BCUT2D eigenvalue weighted by Crippen LogP contribution is -2.50. The van der Waals surface area contributed by atoms with Crippen molar-refractivity contribution >= 4 is 36.5 Å². The first-order valence-corrected chi connectivity index (χ1v) is 24.3. The van der Waals surface area contributed by atoms with Crippen LogP contribution in [0, 0.1) is 17.2 Å². The van der Waals surface area contributed by atoms with Gasteiger partial charge in [0.05, 0.1) is 46.3 Å². The highest BCUT2D eigenvalue weighted by atomic mass is 31.2. The van der Waals surface area contributed by atoms with Crippen LogP contribution < -0.4 is 20.3 Å². The van der Waals surface area contributed by atoms with Gasteiger partial charge in [-0.15, -0.1) is 0 Å². The average molecular weight is 954 g/mol. The highest BCUT2D eigenvalue weighted by Crippen LogP contribution is 2.60. The summed E-state index contributed by atoms with van der Waals surface area (Å²) in [5.74, 6) is -0.454. The molecule has 1 amide bonds. The number of hydrogen-bond acceptors (Lipinski definition) is 14. The number of anilines is 1. The summed E-state index contributed by atoms with van der Waals surface area (Å²) in [6.07, 6.45) is -2.77. The third kappa shape index (κ3) is 9.82. The molecule has 3 aromatic carbocycles. The Hall–Kier alpha value is -5.93. The van der Waals surface area contributed by atoms with Crippen LogP contribution in [0.25, 0.3) is 11.2 Å². The molecule has 2 aliphatic heterocycles. The van der Waals surface area contributed by atoms with E-state index in [9.17, 15) is 19.6 Å². The number of imidazole rings is 1. The molecule has 0 aliphatic carbocycles. The number of aromatic amines is 1. The monoisotopic (exact) mass is 953 g/mol. The van der Waals surface area contributed by atoms with Crippen LogP contribution in [-0.4, -0.2) is 105 Å². The van der Waals surface area contributed by atoms with E-state index in [0.29, 0.717) is 11.5 Å². The van der Waals surface area contributed by atoms with Crippen LogP contribution in [0.4, 0.5) is 5.95 Å². The van der Waals surface area contributed by atoms with Gasteiger partial charge in [-0.1, -0.05) is 68.4 Å². The van der Waals surface area contributed by atoms with Crippen LogP contribution in [0.2, 0.25) is 0 Å². The third-order valence-electron chi connectivity index (χ3n) is 12.1. The molecule has 2 aliphatic rings. The smallest absolute Gasteiger partial charge is 0.317 e. The van der Waals surface area contributed by atoms with E-state index in [1.54, 1.807) is 46.6 Å².